The van der Waals surface area contributed by atoms with E-state index in [2.05, 4.69) is 32.3 Å². The summed E-state index contributed by atoms with van der Waals surface area (Å²) < 4.78 is 27.7. The fourth-order valence-electron chi connectivity index (χ4n) is 1.19. The summed E-state index contributed by atoms with van der Waals surface area (Å²) in [6.45, 7) is 1.77. The van der Waals surface area contributed by atoms with Gasteiger partial charge in [-0.3, -0.25) is 4.72 Å². The van der Waals surface area contributed by atoms with Gasteiger partial charge < -0.3 is 0 Å². The summed E-state index contributed by atoms with van der Waals surface area (Å²) >= 11 is 3.32. The Bertz CT molecular complexity index is 620. The van der Waals surface area contributed by atoms with Crippen molar-refractivity contribution in [1.82, 2.24) is 4.98 Å². The molecule has 0 unspecified atom stereocenters. The molecule has 90 valence electrons. The van der Waals surface area contributed by atoms with Crippen molar-refractivity contribution in [3.8, 4) is 0 Å². The molecular weight excluding hydrogens is 371 g/mol. The van der Waals surface area contributed by atoms with Gasteiger partial charge in [0, 0.05) is 9.26 Å². The van der Waals surface area contributed by atoms with Crippen molar-refractivity contribution in [2.45, 2.75) is 11.1 Å². The summed E-state index contributed by atoms with van der Waals surface area (Å²) in [7, 11) is -3.50. The Balaban J connectivity index is 2.26. The van der Waals surface area contributed by atoms with Crippen LogP contribution in [-0.2, 0) is 10.0 Å². The minimum Gasteiger partial charge on any atom is -0.279 e. The largest absolute Gasteiger partial charge is 0.279 e. The highest BCUT2D eigenvalue weighted by Crippen LogP contribution is 2.21. The second-order valence-corrected chi connectivity index (χ2v) is 7.70. The molecule has 0 aliphatic carbocycles. The van der Waals surface area contributed by atoms with Crippen molar-refractivity contribution in [3.63, 3.8) is 0 Å². The lowest BCUT2D eigenvalue weighted by Gasteiger charge is -2.05. The van der Waals surface area contributed by atoms with E-state index in [1.165, 1.54) is 6.20 Å². The molecule has 4 nitrogen and oxygen atoms in total. The number of rotatable bonds is 3. The Kier molecular flexibility index (Phi) is 3.69. The van der Waals surface area contributed by atoms with Crippen LogP contribution in [0.4, 0.5) is 5.69 Å². The van der Waals surface area contributed by atoms with Crippen molar-refractivity contribution in [3.05, 3.63) is 39.0 Å². The number of hydrogen-bond acceptors (Lipinski definition) is 4. The SMILES string of the molecule is Cc1ncc(S(=O)(=O)Nc2ccc(I)cc2)s1. The Morgan fingerprint density at radius 3 is 2.47 bits per heavy atom. The lowest BCUT2D eigenvalue weighted by Crippen LogP contribution is -2.11. The summed E-state index contributed by atoms with van der Waals surface area (Å²) in [6.07, 6.45) is 1.37. The Hall–Kier alpha value is -0.670. The maximum atomic E-state index is 12.0. The van der Waals surface area contributed by atoms with Gasteiger partial charge >= 0.3 is 0 Å². The smallest absolute Gasteiger partial charge is 0.273 e. The zero-order chi connectivity index (χ0) is 12.5. The van der Waals surface area contributed by atoms with Crippen LogP contribution in [-0.4, -0.2) is 13.4 Å². The van der Waals surface area contributed by atoms with Gasteiger partial charge in [0.05, 0.1) is 11.2 Å². The number of halogens is 1. The summed E-state index contributed by atoms with van der Waals surface area (Å²) in [5.74, 6) is 0. The van der Waals surface area contributed by atoms with Gasteiger partial charge in [0.25, 0.3) is 10.0 Å². The highest BCUT2D eigenvalue weighted by atomic mass is 127. The van der Waals surface area contributed by atoms with Crippen LogP contribution in [0.25, 0.3) is 0 Å². The number of benzene rings is 1. The molecule has 0 saturated carbocycles. The van der Waals surface area contributed by atoms with Crippen molar-refractivity contribution in [2.24, 2.45) is 0 Å². The minimum absolute atomic E-state index is 0.230. The normalized spacial score (nSPS) is 11.4. The van der Waals surface area contributed by atoms with Gasteiger partial charge in [-0.05, 0) is 53.8 Å². The fraction of sp³-hybridized carbons (Fsp3) is 0.100. The van der Waals surface area contributed by atoms with Crippen LogP contribution in [0.1, 0.15) is 5.01 Å². The molecule has 0 aliphatic rings. The number of thiazole rings is 1. The first-order valence-corrected chi connectivity index (χ1v) is 8.06. The lowest BCUT2D eigenvalue weighted by atomic mass is 10.3. The number of sulfonamides is 1. The molecule has 1 aromatic heterocycles. The topological polar surface area (TPSA) is 59.1 Å². The van der Waals surface area contributed by atoms with Gasteiger partial charge in [-0.25, -0.2) is 13.4 Å². The van der Waals surface area contributed by atoms with Gasteiger partial charge in [-0.2, -0.15) is 0 Å². The van der Waals surface area contributed by atoms with Crippen LogP contribution in [0.15, 0.2) is 34.7 Å². The second kappa shape index (κ2) is 4.91. The standard InChI is InChI=1S/C10H9IN2O2S2/c1-7-12-6-10(16-7)17(14,15)13-9-4-2-8(11)3-5-9/h2-6,13H,1H3. The molecule has 0 bridgehead atoms. The first-order chi connectivity index (χ1) is 7.97. The van der Waals surface area contributed by atoms with Crippen molar-refractivity contribution in [1.29, 1.82) is 0 Å². The molecule has 1 N–H and O–H groups in total. The molecule has 0 radical (unpaired) electrons. The van der Waals surface area contributed by atoms with Gasteiger partial charge in [0.1, 0.15) is 0 Å². The highest BCUT2D eigenvalue weighted by molar-refractivity contribution is 14.1. The molecule has 0 amide bonds. The number of nitrogens with one attached hydrogen (secondary N) is 1. The molecule has 2 rings (SSSR count). The third-order valence-corrected chi connectivity index (χ3v) is 5.44. The predicted octanol–water partition coefficient (Wildman–Crippen LogP) is 2.86. The molecule has 0 spiro atoms. The third kappa shape index (κ3) is 3.17. The molecule has 1 heterocycles. The molecule has 0 saturated heterocycles. The van der Waals surface area contributed by atoms with E-state index in [0.717, 1.165) is 19.9 Å². The Morgan fingerprint density at radius 1 is 1.29 bits per heavy atom. The minimum atomic E-state index is -3.50. The fourth-order valence-corrected chi connectivity index (χ4v) is 3.72. The van der Waals surface area contributed by atoms with Gasteiger partial charge in [0.2, 0.25) is 0 Å². The second-order valence-electron chi connectivity index (χ2n) is 3.31. The Morgan fingerprint density at radius 2 is 1.94 bits per heavy atom. The van der Waals surface area contributed by atoms with E-state index in [1.54, 1.807) is 19.1 Å². The van der Waals surface area contributed by atoms with E-state index in [1.807, 2.05) is 12.1 Å². The van der Waals surface area contributed by atoms with Gasteiger partial charge in [-0.15, -0.1) is 11.3 Å². The zero-order valence-corrected chi connectivity index (χ0v) is 12.6. The molecule has 0 atom stereocenters. The number of nitrogens with zero attached hydrogens (tertiary/aromatic N) is 1. The number of aryl methyl sites for hydroxylation is 1. The first kappa shape index (κ1) is 12.8. The molecule has 0 aliphatic heterocycles. The highest BCUT2D eigenvalue weighted by Gasteiger charge is 2.16. The molecule has 0 fully saturated rings. The molecular formula is C10H9IN2O2S2. The summed E-state index contributed by atoms with van der Waals surface area (Å²) in [5, 5.41) is 0.730. The van der Waals surface area contributed by atoms with E-state index in [-0.39, 0.29) is 4.21 Å². The predicted molar refractivity (Wildman–Crippen MR) is 76.8 cm³/mol. The third-order valence-electron chi connectivity index (χ3n) is 1.96. The van der Waals surface area contributed by atoms with Crippen LogP contribution >= 0.6 is 33.9 Å². The average Bonchev–Trinajstić information content (AvgIpc) is 2.69. The van der Waals surface area contributed by atoms with Crippen LogP contribution in [0.2, 0.25) is 0 Å². The molecule has 7 heteroatoms. The molecule has 17 heavy (non-hydrogen) atoms. The van der Waals surface area contributed by atoms with Crippen molar-refractivity contribution >= 4 is 49.6 Å². The number of anilines is 1. The summed E-state index contributed by atoms with van der Waals surface area (Å²) in [4.78, 5) is 3.94. The number of hydrogen-bond donors (Lipinski definition) is 1. The average molecular weight is 380 g/mol. The molecule has 1 aromatic carbocycles. The molecule has 2 aromatic rings. The first-order valence-electron chi connectivity index (χ1n) is 4.68. The Labute approximate surface area is 117 Å². The van der Waals surface area contributed by atoms with Crippen LogP contribution < -0.4 is 4.72 Å². The van der Waals surface area contributed by atoms with Crippen LogP contribution in [0.5, 0.6) is 0 Å². The number of aromatic nitrogens is 1. The summed E-state index contributed by atoms with van der Waals surface area (Å²) in [6, 6.07) is 7.15. The van der Waals surface area contributed by atoms with Gasteiger partial charge in [-0.1, -0.05) is 0 Å². The van der Waals surface area contributed by atoms with E-state index in [0.29, 0.717) is 5.69 Å². The van der Waals surface area contributed by atoms with E-state index < -0.39 is 10.0 Å². The van der Waals surface area contributed by atoms with Crippen molar-refractivity contribution in [2.75, 3.05) is 4.72 Å². The monoisotopic (exact) mass is 380 g/mol. The quantitative estimate of drug-likeness (QED) is 0.834. The maximum absolute atomic E-state index is 12.0. The van der Waals surface area contributed by atoms with Crippen LogP contribution in [0.3, 0.4) is 0 Å². The maximum Gasteiger partial charge on any atom is 0.273 e. The van der Waals surface area contributed by atoms with E-state index >= 15 is 0 Å². The van der Waals surface area contributed by atoms with Crippen molar-refractivity contribution < 1.29 is 8.42 Å². The zero-order valence-electron chi connectivity index (χ0n) is 8.84. The lowest BCUT2D eigenvalue weighted by molar-refractivity contribution is 0.603. The van der Waals surface area contributed by atoms with E-state index in [9.17, 15) is 8.42 Å². The summed E-state index contributed by atoms with van der Waals surface area (Å²) in [5.41, 5.74) is 0.552. The van der Waals surface area contributed by atoms with Gasteiger partial charge in [0.15, 0.2) is 4.21 Å². The van der Waals surface area contributed by atoms with Crippen LogP contribution in [0, 0.1) is 10.5 Å². The van der Waals surface area contributed by atoms with E-state index in [4.69, 9.17) is 0 Å².